The molecule has 2 N–H and O–H groups in total. The lowest BCUT2D eigenvalue weighted by Crippen LogP contribution is -2.33. The number of nitrogens with zero attached hydrogens (tertiary/aromatic N) is 3. The summed E-state index contributed by atoms with van der Waals surface area (Å²) in [4.78, 5) is 35.6. The molecule has 0 aliphatic carbocycles. The molecule has 33 heavy (non-hydrogen) atoms. The van der Waals surface area contributed by atoms with Crippen molar-refractivity contribution < 1.29 is 19.1 Å². The van der Waals surface area contributed by atoms with Gasteiger partial charge in [-0.1, -0.05) is 18.2 Å². The highest BCUT2D eigenvalue weighted by Gasteiger charge is 2.39. The lowest BCUT2D eigenvalue weighted by molar-refractivity contribution is -0.141. The molecule has 2 aromatic heterocycles. The van der Waals surface area contributed by atoms with Gasteiger partial charge < -0.3 is 19.7 Å². The summed E-state index contributed by atoms with van der Waals surface area (Å²) in [7, 11) is 0. The second kappa shape index (κ2) is 9.21. The van der Waals surface area contributed by atoms with Crippen LogP contribution in [0.4, 0.5) is 5.82 Å². The number of amides is 1. The minimum atomic E-state index is -0.981. The zero-order valence-corrected chi connectivity index (χ0v) is 18.5. The number of carbonyl (C=O) groups excluding carboxylic acids is 1. The summed E-state index contributed by atoms with van der Waals surface area (Å²) >= 11 is 0. The van der Waals surface area contributed by atoms with Gasteiger partial charge in [0.1, 0.15) is 17.4 Å². The first-order valence-electron chi connectivity index (χ1n) is 11.7. The number of rotatable bonds is 8. The molecule has 1 amide bonds. The number of pyridine rings is 1. The highest BCUT2D eigenvalue weighted by atomic mass is 16.4. The fraction of sp³-hybridized carbons (Fsp3) is 0.440. The normalized spacial score (nSPS) is 18.8. The Labute approximate surface area is 192 Å². The van der Waals surface area contributed by atoms with Crippen LogP contribution in [-0.4, -0.2) is 44.9 Å². The third kappa shape index (κ3) is 4.55. The van der Waals surface area contributed by atoms with Crippen molar-refractivity contribution in [2.75, 3.05) is 18.4 Å². The van der Waals surface area contributed by atoms with Gasteiger partial charge >= 0.3 is 5.97 Å². The molecular weight excluding hydrogens is 420 g/mol. The average molecular weight is 449 g/mol. The van der Waals surface area contributed by atoms with E-state index in [1.54, 1.807) is 11.0 Å². The van der Waals surface area contributed by atoms with Crippen LogP contribution in [0, 0.1) is 5.92 Å². The van der Waals surface area contributed by atoms with Gasteiger partial charge in [-0.3, -0.25) is 9.59 Å². The third-order valence-corrected chi connectivity index (χ3v) is 6.63. The van der Waals surface area contributed by atoms with Gasteiger partial charge in [0, 0.05) is 24.7 Å². The molecule has 2 aliphatic rings. The summed E-state index contributed by atoms with van der Waals surface area (Å²) in [5.74, 6) is 0.186. The minimum Gasteiger partial charge on any atom is -0.481 e. The number of carboxylic acid groups (broad SMARTS) is 1. The molecule has 172 valence electrons. The monoisotopic (exact) mass is 448 g/mol. The number of anilines is 1. The Morgan fingerprint density at radius 2 is 2.12 bits per heavy atom. The van der Waals surface area contributed by atoms with E-state index in [1.165, 1.54) is 5.56 Å². The van der Waals surface area contributed by atoms with E-state index in [9.17, 15) is 14.7 Å². The highest BCUT2D eigenvalue weighted by molar-refractivity contribution is 5.82. The lowest BCUT2D eigenvalue weighted by Gasteiger charge is -2.24. The Kier molecular flexibility index (Phi) is 5.98. The molecule has 3 aromatic rings. The number of fused-ring (bicyclic) bond motifs is 2. The van der Waals surface area contributed by atoms with Crippen LogP contribution in [0.5, 0.6) is 0 Å². The van der Waals surface area contributed by atoms with Crippen molar-refractivity contribution in [2.45, 2.75) is 51.0 Å². The van der Waals surface area contributed by atoms with Gasteiger partial charge in [0.15, 0.2) is 5.58 Å². The van der Waals surface area contributed by atoms with E-state index < -0.39 is 12.0 Å². The predicted molar refractivity (Wildman–Crippen MR) is 123 cm³/mol. The van der Waals surface area contributed by atoms with Gasteiger partial charge in [-0.25, -0.2) is 9.97 Å². The van der Waals surface area contributed by atoms with Crippen molar-refractivity contribution in [3.05, 3.63) is 53.5 Å². The smallest absolute Gasteiger partial charge is 0.305 e. The van der Waals surface area contributed by atoms with Crippen LogP contribution < -0.4 is 5.32 Å². The maximum Gasteiger partial charge on any atom is 0.305 e. The first-order chi connectivity index (χ1) is 16.1. The van der Waals surface area contributed by atoms with E-state index in [1.807, 2.05) is 18.2 Å². The van der Waals surface area contributed by atoms with Crippen molar-refractivity contribution in [2.24, 2.45) is 5.92 Å². The van der Waals surface area contributed by atoms with E-state index in [0.29, 0.717) is 30.0 Å². The number of benzene rings is 1. The molecule has 1 unspecified atom stereocenters. The summed E-state index contributed by atoms with van der Waals surface area (Å²) < 4.78 is 5.83. The molecule has 0 radical (unpaired) electrons. The van der Waals surface area contributed by atoms with Crippen LogP contribution in [0.2, 0.25) is 0 Å². The van der Waals surface area contributed by atoms with E-state index in [2.05, 4.69) is 22.4 Å². The maximum atomic E-state index is 13.2. The van der Waals surface area contributed by atoms with Crippen molar-refractivity contribution in [1.29, 1.82) is 0 Å². The number of aliphatic carboxylic acids is 1. The molecule has 8 heteroatoms. The molecule has 8 nitrogen and oxygen atoms in total. The molecule has 0 bridgehead atoms. The number of aryl methyl sites for hydroxylation is 2. The summed E-state index contributed by atoms with van der Waals surface area (Å²) in [5.41, 5.74) is 3.58. The van der Waals surface area contributed by atoms with E-state index >= 15 is 0 Å². The quantitative estimate of drug-likeness (QED) is 0.537. The number of oxazole rings is 1. The molecule has 5 rings (SSSR count). The highest BCUT2D eigenvalue weighted by Crippen LogP contribution is 2.34. The van der Waals surface area contributed by atoms with Crippen molar-refractivity contribution in [3.63, 3.8) is 0 Å². The van der Waals surface area contributed by atoms with Crippen molar-refractivity contribution >= 4 is 28.8 Å². The fourth-order valence-corrected chi connectivity index (χ4v) is 4.91. The first-order valence-corrected chi connectivity index (χ1v) is 11.7. The Morgan fingerprint density at radius 1 is 1.24 bits per heavy atom. The summed E-state index contributed by atoms with van der Waals surface area (Å²) in [5, 5.41) is 12.8. The number of nitrogens with one attached hydrogen (secondary N) is 1. The molecule has 1 aromatic carbocycles. The number of likely N-dealkylation sites (tertiary alicyclic amines) is 1. The van der Waals surface area contributed by atoms with E-state index in [4.69, 9.17) is 9.40 Å². The predicted octanol–water partition coefficient (Wildman–Crippen LogP) is 3.97. The second-order valence-electron chi connectivity index (χ2n) is 8.88. The Hall–Kier alpha value is -3.42. The minimum absolute atomic E-state index is 0.0106. The molecular formula is C25H28N4O4. The van der Waals surface area contributed by atoms with Gasteiger partial charge in [0.05, 0.1) is 6.42 Å². The molecule has 4 heterocycles. The SMILES string of the molecule is O=C(O)C[C@@H](c1nc2ccccc2o1)N1CCC(CCCc2ccc3c(n2)NCCC3)C1=O. The standard InChI is InChI=1S/C25H28N4O4/c30-22(31)15-20(24-28-19-8-1-2-9-21(19)33-24)29-14-12-17(25(29)32)5-3-7-18-11-10-16-6-4-13-26-23(16)27-18/h1-2,8-11,17,20H,3-7,12-15H2,(H,26,27)(H,30,31)/t17?,20-/m0/s1. The number of hydrogen-bond acceptors (Lipinski definition) is 6. The van der Waals surface area contributed by atoms with Gasteiger partial charge in [-0.2, -0.15) is 0 Å². The van der Waals surface area contributed by atoms with Crippen LogP contribution >= 0.6 is 0 Å². The molecule has 0 spiro atoms. The summed E-state index contributed by atoms with van der Waals surface area (Å²) in [6.45, 7) is 1.48. The summed E-state index contributed by atoms with van der Waals surface area (Å²) in [6, 6.07) is 10.9. The van der Waals surface area contributed by atoms with Crippen LogP contribution in [0.25, 0.3) is 11.1 Å². The molecule has 0 saturated carbocycles. The van der Waals surface area contributed by atoms with E-state index in [-0.39, 0.29) is 18.2 Å². The van der Waals surface area contributed by atoms with E-state index in [0.717, 1.165) is 50.2 Å². The number of para-hydroxylation sites is 2. The van der Waals surface area contributed by atoms with Crippen LogP contribution in [0.3, 0.4) is 0 Å². The second-order valence-corrected chi connectivity index (χ2v) is 8.88. The van der Waals surface area contributed by atoms with Crippen LogP contribution in [0.1, 0.15) is 55.3 Å². The fourth-order valence-electron chi connectivity index (χ4n) is 4.91. The molecule has 1 fully saturated rings. The summed E-state index contributed by atoms with van der Waals surface area (Å²) in [6.07, 6.45) is 5.14. The number of hydrogen-bond donors (Lipinski definition) is 2. The first kappa shape index (κ1) is 21.4. The van der Waals surface area contributed by atoms with Crippen molar-refractivity contribution in [1.82, 2.24) is 14.9 Å². The lowest BCUT2D eigenvalue weighted by atomic mass is 9.99. The Morgan fingerprint density at radius 3 is 2.97 bits per heavy atom. The third-order valence-electron chi connectivity index (χ3n) is 6.63. The van der Waals surface area contributed by atoms with Gasteiger partial charge in [-0.05, 0) is 62.3 Å². The zero-order chi connectivity index (χ0) is 22.8. The average Bonchev–Trinajstić information content (AvgIpc) is 3.41. The van der Waals surface area contributed by atoms with Crippen LogP contribution in [0.15, 0.2) is 40.8 Å². The van der Waals surface area contributed by atoms with Gasteiger partial charge in [-0.15, -0.1) is 0 Å². The number of carbonyl (C=O) groups is 2. The Balaban J connectivity index is 1.23. The van der Waals surface area contributed by atoms with Gasteiger partial charge in [0.2, 0.25) is 11.8 Å². The molecule has 2 atom stereocenters. The topological polar surface area (TPSA) is 109 Å². The largest absolute Gasteiger partial charge is 0.481 e. The Bertz CT molecular complexity index is 1140. The molecule has 1 saturated heterocycles. The molecule has 2 aliphatic heterocycles. The number of aromatic nitrogens is 2. The maximum absolute atomic E-state index is 13.2. The zero-order valence-electron chi connectivity index (χ0n) is 18.5. The number of carboxylic acids is 1. The van der Waals surface area contributed by atoms with Gasteiger partial charge in [0.25, 0.3) is 0 Å². The van der Waals surface area contributed by atoms with Crippen molar-refractivity contribution in [3.8, 4) is 0 Å². The van der Waals surface area contributed by atoms with Crippen LogP contribution in [-0.2, 0) is 22.4 Å².